The van der Waals surface area contributed by atoms with Crippen molar-refractivity contribution in [3.8, 4) is 17.2 Å². The first-order valence-corrected chi connectivity index (χ1v) is 9.61. The molecule has 156 valence electrons. The number of nitrogens with one attached hydrogen (secondary N) is 1. The number of rotatable bonds is 6. The predicted octanol–water partition coefficient (Wildman–Crippen LogP) is 5.38. The monoisotopic (exact) mass is 437 g/mol. The average Bonchev–Trinajstić information content (AvgIpc) is 3.17. The summed E-state index contributed by atoms with van der Waals surface area (Å²) in [5.74, 6) is 0.308. The summed E-state index contributed by atoms with van der Waals surface area (Å²) in [7, 11) is 0. The first kappa shape index (κ1) is 20.4. The quantitative estimate of drug-likeness (QED) is 0.320. The summed E-state index contributed by atoms with van der Waals surface area (Å²) in [4.78, 5) is 26.9. The summed E-state index contributed by atoms with van der Waals surface area (Å²) in [6.45, 7) is 1.68. The zero-order valence-corrected chi connectivity index (χ0v) is 17.1. The Balaban J connectivity index is 1.46. The molecule has 4 aromatic rings. The SMILES string of the molecule is Cc1ccc2nc(-c3ccc(Cl)c(NC(=O)COc4ccc([N+](=O)[O-])cc4)c3)oc2c1. The number of non-ortho nitro benzene ring substituents is 1. The molecule has 0 saturated carbocycles. The Bertz CT molecular complexity index is 1280. The Labute approximate surface area is 181 Å². The van der Waals surface area contributed by atoms with Crippen molar-refractivity contribution in [2.45, 2.75) is 6.92 Å². The molecule has 9 heteroatoms. The maximum absolute atomic E-state index is 12.3. The Hall–Kier alpha value is -3.91. The maximum atomic E-state index is 12.3. The topological polar surface area (TPSA) is 108 Å². The lowest BCUT2D eigenvalue weighted by atomic mass is 10.2. The molecule has 8 nitrogen and oxygen atoms in total. The minimum Gasteiger partial charge on any atom is -0.484 e. The van der Waals surface area contributed by atoms with E-state index in [-0.39, 0.29) is 12.3 Å². The second-order valence-electron chi connectivity index (χ2n) is 6.77. The van der Waals surface area contributed by atoms with Gasteiger partial charge >= 0.3 is 0 Å². The van der Waals surface area contributed by atoms with Crippen LogP contribution in [0.5, 0.6) is 5.75 Å². The van der Waals surface area contributed by atoms with Crippen molar-refractivity contribution in [3.05, 3.63) is 81.4 Å². The Morgan fingerprint density at radius 1 is 1.16 bits per heavy atom. The average molecular weight is 438 g/mol. The van der Waals surface area contributed by atoms with Crippen LogP contribution in [0.25, 0.3) is 22.6 Å². The van der Waals surface area contributed by atoms with E-state index < -0.39 is 10.8 Å². The summed E-state index contributed by atoms with van der Waals surface area (Å²) in [6, 6.07) is 16.3. The van der Waals surface area contributed by atoms with E-state index in [4.69, 9.17) is 20.8 Å². The third-order valence-corrected chi connectivity index (χ3v) is 4.78. The normalized spacial score (nSPS) is 10.8. The second kappa shape index (κ2) is 8.45. The summed E-state index contributed by atoms with van der Waals surface area (Å²) < 4.78 is 11.2. The van der Waals surface area contributed by atoms with Gasteiger partial charge in [0, 0.05) is 17.7 Å². The number of ether oxygens (including phenoxy) is 1. The number of benzene rings is 3. The molecule has 0 fully saturated rings. The molecule has 1 heterocycles. The van der Waals surface area contributed by atoms with Crippen molar-refractivity contribution in [1.29, 1.82) is 0 Å². The lowest BCUT2D eigenvalue weighted by Crippen LogP contribution is -2.20. The third-order valence-electron chi connectivity index (χ3n) is 4.45. The third kappa shape index (κ3) is 4.65. The van der Waals surface area contributed by atoms with Crippen LogP contribution in [0, 0.1) is 17.0 Å². The number of amides is 1. The Kier molecular flexibility index (Phi) is 5.55. The number of fused-ring (bicyclic) bond motifs is 1. The molecule has 1 N–H and O–H groups in total. The molecule has 31 heavy (non-hydrogen) atoms. The van der Waals surface area contributed by atoms with Crippen molar-refractivity contribution >= 4 is 40.0 Å². The molecule has 0 saturated heterocycles. The van der Waals surface area contributed by atoms with Crippen LogP contribution in [-0.4, -0.2) is 22.4 Å². The number of anilines is 1. The number of aryl methyl sites for hydroxylation is 1. The van der Waals surface area contributed by atoms with Crippen LogP contribution in [0.2, 0.25) is 5.02 Å². The zero-order valence-electron chi connectivity index (χ0n) is 16.3. The summed E-state index contributed by atoms with van der Waals surface area (Å²) >= 11 is 6.22. The van der Waals surface area contributed by atoms with Gasteiger partial charge in [-0.05, 0) is 55.0 Å². The molecule has 0 aliphatic rings. The molecule has 1 amide bonds. The van der Waals surface area contributed by atoms with Gasteiger partial charge < -0.3 is 14.5 Å². The van der Waals surface area contributed by atoms with Gasteiger partial charge in [-0.25, -0.2) is 4.98 Å². The van der Waals surface area contributed by atoms with Crippen LogP contribution >= 0.6 is 11.6 Å². The highest BCUT2D eigenvalue weighted by Gasteiger charge is 2.13. The van der Waals surface area contributed by atoms with E-state index in [9.17, 15) is 14.9 Å². The number of oxazole rings is 1. The minimum absolute atomic E-state index is 0.0604. The van der Waals surface area contributed by atoms with Crippen molar-refractivity contribution in [2.24, 2.45) is 0 Å². The van der Waals surface area contributed by atoms with Gasteiger partial charge in [-0.15, -0.1) is 0 Å². The van der Waals surface area contributed by atoms with Crippen LogP contribution in [-0.2, 0) is 4.79 Å². The van der Waals surface area contributed by atoms with Gasteiger partial charge in [-0.3, -0.25) is 14.9 Å². The number of carbonyl (C=O) groups is 1. The highest BCUT2D eigenvalue weighted by atomic mass is 35.5. The smallest absolute Gasteiger partial charge is 0.269 e. The molecular weight excluding hydrogens is 422 g/mol. The van der Waals surface area contributed by atoms with Crippen molar-refractivity contribution in [1.82, 2.24) is 4.98 Å². The molecule has 3 aromatic carbocycles. The molecule has 0 atom stereocenters. The fourth-order valence-electron chi connectivity index (χ4n) is 2.91. The Morgan fingerprint density at radius 3 is 2.68 bits per heavy atom. The highest BCUT2D eigenvalue weighted by molar-refractivity contribution is 6.33. The summed E-state index contributed by atoms with van der Waals surface area (Å²) in [5, 5.41) is 13.7. The fourth-order valence-corrected chi connectivity index (χ4v) is 3.07. The largest absolute Gasteiger partial charge is 0.484 e. The molecular formula is C22H16ClN3O5. The first-order chi connectivity index (χ1) is 14.9. The number of nitro benzene ring substituents is 1. The lowest BCUT2D eigenvalue weighted by Gasteiger charge is -2.09. The van der Waals surface area contributed by atoms with Gasteiger partial charge in [0.1, 0.15) is 11.3 Å². The maximum Gasteiger partial charge on any atom is 0.269 e. The van der Waals surface area contributed by atoms with E-state index >= 15 is 0 Å². The second-order valence-corrected chi connectivity index (χ2v) is 7.18. The van der Waals surface area contributed by atoms with Gasteiger partial charge in [-0.2, -0.15) is 0 Å². The number of aromatic nitrogens is 1. The van der Waals surface area contributed by atoms with Crippen molar-refractivity contribution in [2.75, 3.05) is 11.9 Å². The number of halogens is 1. The number of hydrogen-bond donors (Lipinski definition) is 1. The van der Waals surface area contributed by atoms with Crippen LogP contribution in [0.3, 0.4) is 0 Å². The number of carbonyl (C=O) groups excluding carboxylic acids is 1. The molecule has 0 bridgehead atoms. The summed E-state index contributed by atoms with van der Waals surface area (Å²) in [6.07, 6.45) is 0. The highest BCUT2D eigenvalue weighted by Crippen LogP contribution is 2.30. The predicted molar refractivity (Wildman–Crippen MR) is 116 cm³/mol. The van der Waals surface area contributed by atoms with E-state index in [1.165, 1.54) is 24.3 Å². The molecule has 0 unspecified atom stereocenters. The van der Waals surface area contributed by atoms with Gasteiger partial charge in [-0.1, -0.05) is 17.7 Å². The van der Waals surface area contributed by atoms with Crippen LogP contribution < -0.4 is 10.1 Å². The minimum atomic E-state index is -0.510. The zero-order chi connectivity index (χ0) is 22.0. The van der Waals surface area contributed by atoms with Gasteiger partial charge in [0.05, 0.1) is 15.6 Å². The first-order valence-electron chi connectivity index (χ1n) is 9.23. The fraction of sp³-hybridized carbons (Fsp3) is 0.0909. The van der Waals surface area contributed by atoms with Crippen LogP contribution in [0.15, 0.2) is 65.1 Å². The lowest BCUT2D eigenvalue weighted by molar-refractivity contribution is -0.384. The van der Waals surface area contributed by atoms with Gasteiger partial charge in [0.25, 0.3) is 11.6 Å². The van der Waals surface area contributed by atoms with Crippen LogP contribution in [0.1, 0.15) is 5.56 Å². The van der Waals surface area contributed by atoms with E-state index in [2.05, 4.69) is 10.3 Å². The van der Waals surface area contributed by atoms with E-state index in [0.717, 1.165) is 11.1 Å². The Morgan fingerprint density at radius 2 is 1.94 bits per heavy atom. The van der Waals surface area contributed by atoms with Crippen molar-refractivity contribution in [3.63, 3.8) is 0 Å². The molecule has 0 radical (unpaired) electrons. The summed E-state index contributed by atoms with van der Waals surface area (Å²) in [5.41, 5.74) is 3.45. The molecule has 4 rings (SSSR count). The van der Waals surface area contributed by atoms with Crippen LogP contribution in [0.4, 0.5) is 11.4 Å². The standard InChI is InChI=1S/C22H16ClN3O5/c1-13-2-9-18-20(10-13)31-22(25-18)14-3-8-17(23)19(11-14)24-21(27)12-30-16-6-4-15(5-7-16)26(28)29/h2-11H,12H2,1H3,(H,24,27). The number of nitro groups is 1. The van der Waals surface area contributed by atoms with Crippen molar-refractivity contribution < 1.29 is 18.9 Å². The number of hydrogen-bond acceptors (Lipinski definition) is 6. The van der Waals surface area contributed by atoms with E-state index in [1.807, 2.05) is 25.1 Å². The van der Waals surface area contributed by atoms with Gasteiger partial charge in [0.2, 0.25) is 5.89 Å². The molecule has 0 spiro atoms. The number of nitrogens with zero attached hydrogens (tertiary/aromatic N) is 2. The van der Waals surface area contributed by atoms with E-state index in [1.54, 1.807) is 18.2 Å². The molecule has 1 aromatic heterocycles. The van der Waals surface area contributed by atoms with Gasteiger partial charge in [0.15, 0.2) is 12.2 Å². The molecule has 0 aliphatic carbocycles. The molecule has 0 aliphatic heterocycles. The van der Waals surface area contributed by atoms with E-state index in [0.29, 0.717) is 33.5 Å².